The molecule has 1 heterocycles. The molecule has 0 saturated carbocycles. The number of carboxylic acids is 1. The molecule has 1 aromatic heterocycles. The van der Waals surface area contributed by atoms with Crippen LogP contribution in [0.25, 0.3) is 0 Å². The Hall–Kier alpha value is -2.05. The first-order valence-electron chi connectivity index (χ1n) is 6.45. The second kappa shape index (κ2) is 7.29. The highest BCUT2D eigenvalue weighted by Crippen LogP contribution is 2.32. The quantitative estimate of drug-likeness (QED) is 0.848. The lowest BCUT2D eigenvalue weighted by molar-refractivity contribution is 0.0696. The van der Waals surface area contributed by atoms with E-state index in [2.05, 4.69) is 5.32 Å². The van der Waals surface area contributed by atoms with Crippen LogP contribution in [0, 0.1) is 0 Å². The fourth-order valence-electron chi connectivity index (χ4n) is 1.87. The summed E-state index contributed by atoms with van der Waals surface area (Å²) < 4.78 is 5.59. The average Bonchev–Trinajstić information content (AvgIpc) is 2.89. The van der Waals surface area contributed by atoms with E-state index in [0.29, 0.717) is 27.9 Å². The third kappa shape index (κ3) is 3.99. The molecular weight excluding hydrogens is 326 g/mol. The van der Waals surface area contributed by atoms with Crippen LogP contribution in [0.2, 0.25) is 4.34 Å². The highest BCUT2D eigenvalue weighted by Gasteiger charge is 2.16. The lowest BCUT2D eigenvalue weighted by atomic mass is 10.1. The van der Waals surface area contributed by atoms with Gasteiger partial charge in [-0.15, -0.1) is 11.3 Å². The largest absolute Gasteiger partial charge is 0.495 e. The molecule has 0 spiro atoms. The number of carbonyl (C=O) groups excluding carboxylic acids is 1. The van der Waals surface area contributed by atoms with Crippen molar-refractivity contribution < 1.29 is 19.4 Å². The van der Waals surface area contributed by atoms with Gasteiger partial charge in [0, 0.05) is 12.6 Å². The molecule has 2 aromatic rings. The number of nitrogens with one attached hydrogen (secondary N) is 1. The van der Waals surface area contributed by atoms with Crippen LogP contribution in [0.3, 0.4) is 0 Å². The summed E-state index contributed by atoms with van der Waals surface area (Å²) in [5.41, 5.74) is 1.19. The summed E-state index contributed by atoms with van der Waals surface area (Å²) in [5, 5.41) is 11.6. The first-order valence-corrected chi connectivity index (χ1v) is 7.64. The topological polar surface area (TPSA) is 75.6 Å². The Kier molecular flexibility index (Phi) is 5.41. The van der Waals surface area contributed by atoms with Crippen molar-refractivity contribution in [1.29, 1.82) is 0 Å². The van der Waals surface area contributed by atoms with Crippen LogP contribution in [0.4, 0.5) is 0 Å². The number of thiophene rings is 1. The highest BCUT2D eigenvalue weighted by atomic mass is 35.5. The first kappa shape index (κ1) is 16.3. The van der Waals surface area contributed by atoms with Crippen molar-refractivity contribution in [2.24, 2.45) is 0 Å². The maximum Gasteiger partial charge on any atom is 0.335 e. The maximum atomic E-state index is 12.1. The molecule has 2 rings (SSSR count). The third-order valence-corrected chi connectivity index (χ3v) is 4.24. The van der Waals surface area contributed by atoms with Crippen LogP contribution in [0.15, 0.2) is 30.3 Å². The zero-order valence-electron chi connectivity index (χ0n) is 11.8. The monoisotopic (exact) mass is 339 g/mol. The highest BCUT2D eigenvalue weighted by molar-refractivity contribution is 7.18. The van der Waals surface area contributed by atoms with Crippen molar-refractivity contribution in [3.8, 4) is 5.75 Å². The van der Waals surface area contributed by atoms with Crippen LogP contribution in [-0.4, -0.2) is 30.6 Å². The Morgan fingerprint density at radius 3 is 2.59 bits per heavy atom. The van der Waals surface area contributed by atoms with E-state index in [1.165, 1.54) is 7.11 Å². The summed E-state index contributed by atoms with van der Waals surface area (Å²) in [6, 6.07) is 8.16. The molecule has 116 valence electrons. The second-order valence-electron chi connectivity index (χ2n) is 4.46. The summed E-state index contributed by atoms with van der Waals surface area (Å²) in [6.45, 7) is 0.434. The van der Waals surface area contributed by atoms with Crippen LogP contribution in [0.5, 0.6) is 5.75 Å². The molecule has 0 radical (unpaired) electrons. The van der Waals surface area contributed by atoms with Crippen molar-refractivity contribution >= 4 is 34.8 Å². The van der Waals surface area contributed by atoms with Crippen LogP contribution in [0.1, 0.15) is 25.6 Å². The molecule has 0 aliphatic carbocycles. The molecule has 0 unspecified atom stereocenters. The van der Waals surface area contributed by atoms with E-state index >= 15 is 0 Å². The minimum absolute atomic E-state index is 0.240. The molecule has 0 atom stereocenters. The maximum absolute atomic E-state index is 12.1. The molecule has 7 heteroatoms. The van der Waals surface area contributed by atoms with Crippen LogP contribution >= 0.6 is 22.9 Å². The Bertz CT molecular complexity index is 681. The lowest BCUT2D eigenvalue weighted by Crippen LogP contribution is -2.25. The van der Waals surface area contributed by atoms with E-state index in [1.807, 2.05) is 0 Å². The molecule has 1 aromatic carbocycles. The molecule has 0 aliphatic heterocycles. The molecule has 0 fully saturated rings. The Morgan fingerprint density at radius 2 is 2.00 bits per heavy atom. The number of hydrogen-bond donors (Lipinski definition) is 2. The number of aromatic carboxylic acids is 1. The van der Waals surface area contributed by atoms with Crippen molar-refractivity contribution in [3.05, 3.63) is 50.7 Å². The molecule has 1 amide bonds. The zero-order chi connectivity index (χ0) is 16.1. The fraction of sp³-hybridized carbons (Fsp3) is 0.200. The number of benzene rings is 1. The number of rotatable bonds is 6. The number of halogens is 1. The molecule has 0 aliphatic rings. The smallest absolute Gasteiger partial charge is 0.335 e. The number of carbonyl (C=O) groups is 2. The minimum Gasteiger partial charge on any atom is -0.495 e. The Morgan fingerprint density at radius 1 is 1.32 bits per heavy atom. The van der Waals surface area contributed by atoms with E-state index in [0.717, 1.165) is 16.9 Å². The number of ether oxygens (including phenoxy) is 1. The van der Waals surface area contributed by atoms with Gasteiger partial charge in [0.25, 0.3) is 5.91 Å². The van der Waals surface area contributed by atoms with Crippen molar-refractivity contribution in [3.63, 3.8) is 0 Å². The molecule has 0 bridgehead atoms. The third-order valence-electron chi connectivity index (χ3n) is 2.99. The van der Waals surface area contributed by atoms with Gasteiger partial charge in [-0.2, -0.15) is 0 Å². The molecule has 2 N–H and O–H groups in total. The number of carboxylic acid groups (broad SMARTS) is 1. The van der Waals surface area contributed by atoms with Crippen molar-refractivity contribution in [2.45, 2.75) is 6.42 Å². The molecule has 5 nitrogen and oxygen atoms in total. The van der Waals surface area contributed by atoms with Gasteiger partial charge in [0.15, 0.2) is 0 Å². The SMILES string of the molecule is COc1cc(Cl)sc1C(=O)NCCc1ccc(C(=O)O)cc1. The van der Waals surface area contributed by atoms with Gasteiger partial charge in [0.2, 0.25) is 0 Å². The zero-order valence-corrected chi connectivity index (χ0v) is 13.3. The van der Waals surface area contributed by atoms with E-state index in [9.17, 15) is 9.59 Å². The van der Waals surface area contributed by atoms with Gasteiger partial charge in [-0.05, 0) is 24.1 Å². The van der Waals surface area contributed by atoms with Gasteiger partial charge < -0.3 is 15.2 Å². The molecule has 0 saturated heterocycles. The summed E-state index contributed by atoms with van der Waals surface area (Å²) >= 11 is 7.03. The lowest BCUT2D eigenvalue weighted by Gasteiger charge is -2.06. The fourth-order valence-corrected chi connectivity index (χ4v) is 2.97. The number of amides is 1. The predicted octanol–water partition coefficient (Wildman–Crippen LogP) is 3.08. The van der Waals surface area contributed by atoms with E-state index in [1.54, 1.807) is 30.3 Å². The Balaban J connectivity index is 1.90. The van der Waals surface area contributed by atoms with Gasteiger partial charge in [0.1, 0.15) is 10.6 Å². The van der Waals surface area contributed by atoms with Gasteiger partial charge in [-0.25, -0.2) is 4.79 Å². The van der Waals surface area contributed by atoms with E-state index < -0.39 is 5.97 Å². The van der Waals surface area contributed by atoms with Gasteiger partial charge in [0.05, 0.1) is 17.0 Å². The predicted molar refractivity (Wildman–Crippen MR) is 85.3 cm³/mol. The van der Waals surface area contributed by atoms with Gasteiger partial charge >= 0.3 is 5.97 Å². The van der Waals surface area contributed by atoms with E-state index in [4.69, 9.17) is 21.4 Å². The van der Waals surface area contributed by atoms with Crippen molar-refractivity contribution in [1.82, 2.24) is 5.32 Å². The number of methoxy groups -OCH3 is 1. The van der Waals surface area contributed by atoms with Crippen LogP contribution in [-0.2, 0) is 6.42 Å². The summed E-state index contributed by atoms with van der Waals surface area (Å²) in [7, 11) is 1.49. The minimum atomic E-state index is -0.957. The normalized spacial score (nSPS) is 10.3. The van der Waals surface area contributed by atoms with Crippen molar-refractivity contribution in [2.75, 3.05) is 13.7 Å². The van der Waals surface area contributed by atoms with Gasteiger partial charge in [-0.3, -0.25) is 4.79 Å². The molecule has 22 heavy (non-hydrogen) atoms. The summed E-state index contributed by atoms with van der Waals surface area (Å²) in [6.07, 6.45) is 0.604. The van der Waals surface area contributed by atoms with Crippen LogP contribution < -0.4 is 10.1 Å². The first-order chi connectivity index (χ1) is 10.5. The van der Waals surface area contributed by atoms with Gasteiger partial charge in [-0.1, -0.05) is 23.7 Å². The second-order valence-corrected chi connectivity index (χ2v) is 6.14. The average molecular weight is 340 g/mol. The number of hydrogen-bond acceptors (Lipinski definition) is 4. The standard InChI is InChI=1S/C15H14ClNO4S/c1-21-11-8-12(16)22-13(11)14(18)17-7-6-9-2-4-10(5-3-9)15(19)20/h2-5,8H,6-7H2,1H3,(H,17,18)(H,19,20). The Labute approximate surface area is 136 Å². The molecular formula is C15H14ClNO4S. The van der Waals surface area contributed by atoms with E-state index in [-0.39, 0.29) is 11.5 Å². The summed E-state index contributed by atoms with van der Waals surface area (Å²) in [4.78, 5) is 23.2. The summed E-state index contributed by atoms with van der Waals surface area (Å²) in [5.74, 6) is -0.740.